The second kappa shape index (κ2) is 3.93. The quantitative estimate of drug-likeness (QED) is 0.673. The van der Waals surface area contributed by atoms with Gasteiger partial charge in [0, 0.05) is 0 Å². The molecule has 12 heavy (non-hydrogen) atoms. The highest BCUT2D eigenvalue weighted by Crippen LogP contribution is 2.51. The minimum absolute atomic E-state index is 0. The average Bonchev–Trinajstić information content (AvgIpc) is 2.01. The molecule has 0 bridgehead atoms. The highest BCUT2D eigenvalue weighted by molar-refractivity contribution is 5.85. The molecule has 1 N–H and O–H groups in total. The van der Waals surface area contributed by atoms with Crippen LogP contribution in [-0.4, -0.2) is 19.8 Å². The number of hydrogen-bond acceptors (Lipinski definition) is 1. The van der Waals surface area contributed by atoms with Crippen LogP contribution in [0.2, 0.25) is 0 Å². The Bertz CT molecular complexity index is 137. The summed E-state index contributed by atoms with van der Waals surface area (Å²) in [7, 11) is 0. The van der Waals surface area contributed by atoms with E-state index in [0.717, 1.165) is 25.9 Å². The molecule has 72 valence electrons. The number of hydrogen-bond donors (Lipinski definition) is 1. The normalized spacial score (nSPS) is 27.8. The molecule has 0 aromatic carbocycles. The molecule has 0 amide bonds. The SMILES string of the molecule is Cl.FCC1CC2(CCNCC2)C1. The summed E-state index contributed by atoms with van der Waals surface area (Å²) in [6.07, 6.45) is 4.88. The molecule has 2 fully saturated rings. The Morgan fingerprint density at radius 1 is 1.25 bits per heavy atom. The van der Waals surface area contributed by atoms with E-state index in [4.69, 9.17) is 0 Å². The molecule has 1 aliphatic carbocycles. The van der Waals surface area contributed by atoms with E-state index in [0.29, 0.717) is 11.3 Å². The Labute approximate surface area is 79.5 Å². The molecule has 0 atom stereocenters. The predicted molar refractivity (Wildman–Crippen MR) is 50.5 cm³/mol. The molecule has 0 aromatic heterocycles. The number of piperidine rings is 1. The number of alkyl halides is 1. The molecule has 0 radical (unpaired) electrons. The van der Waals surface area contributed by atoms with Crippen LogP contribution >= 0.6 is 12.4 Å². The van der Waals surface area contributed by atoms with Crippen LogP contribution in [-0.2, 0) is 0 Å². The van der Waals surface area contributed by atoms with Crippen LogP contribution in [0, 0.1) is 11.3 Å². The highest BCUT2D eigenvalue weighted by atomic mass is 35.5. The van der Waals surface area contributed by atoms with E-state index in [-0.39, 0.29) is 19.1 Å². The maximum absolute atomic E-state index is 12.2. The van der Waals surface area contributed by atoms with Crippen molar-refractivity contribution in [1.82, 2.24) is 5.32 Å². The van der Waals surface area contributed by atoms with E-state index < -0.39 is 0 Å². The molecule has 2 rings (SSSR count). The maximum atomic E-state index is 12.2. The molecular weight excluding hydrogens is 177 g/mol. The van der Waals surface area contributed by atoms with Crippen LogP contribution in [0.5, 0.6) is 0 Å². The van der Waals surface area contributed by atoms with Gasteiger partial charge in [0.05, 0.1) is 6.67 Å². The number of nitrogens with one attached hydrogen (secondary N) is 1. The zero-order chi connectivity index (χ0) is 7.73. The van der Waals surface area contributed by atoms with Crippen molar-refractivity contribution in [2.45, 2.75) is 25.7 Å². The van der Waals surface area contributed by atoms with Gasteiger partial charge >= 0.3 is 0 Å². The predicted octanol–water partition coefficient (Wildman–Crippen LogP) is 2.16. The third kappa shape index (κ3) is 1.74. The first kappa shape index (κ1) is 10.3. The fourth-order valence-corrected chi connectivity index (χ4v) is 2.64. The van der Waals surface area contributed by atoms with Crippen molar-refractivity contribution in [3.63, 3.8) is 0 Å². The lowest BCUT2D eigenvalue weighted by Crippen LogP contribution is -2.45. The van der Waals surface area contributed by atoms with Crippen LogP contribution in [0.1, 0.15) is 25.7 Å². The molecule has 1 spiro atoms. The van der Waals surface area contributed by atoms with Crippen molar-refractivity contribution in [2.24, 2.45) is 11.3 Å². The van der Waals surface area contributed by atoms with Gasteiger partial charge in [0.2, 0.25) is 0 Å². The van der Waals surface area contributed by atoms with Crippen LogP contribution in [0.25, 0.3) is 0 Å². The summed E-state index contributed by atoms with van der Waals surface area (Å²) < 4.78 is 12.2. The molecule has 1 nitrogen and oxygen atoms in total. The van der Waals surface area contributed by atoms with Gasteiger partial charge in [-0.15, -0.1) is 12.4 Å². The first-order chi connectivity index (χ1) is 5.35. The zero-order valence-electron chi connectivity index (χ0n) is 7.31. The van der Waals surface area contributed by atoms with E-state index in [1.165, 1.54) is 12.8 Å². The third-order valence-electron chi connectivity index (χ3n) is 3.33. The van der Waals surface area contributed by atoms with Crippen LogP contribution in [0.15, 0.2) is 0 Å². The zero-order valence-corrected chi connectivity index (χ0v) is 8.13. The summed E-state index contributed by atoms with van der Waals surface area (Å²) in [5, 5.41) is 3.35. The lowest BCUT2D eigenvalue weighted by Gasteiger charge is -2.49. The minimum atomic E-state index is -0.0881. The molecule has 1 saturated heterocycles. The molecule has 1 heterocycles. The topological polar surface area (TPSA) is 12.0 Å². The van der Waals surface area contributed by atoms with Gasteiger partial charge in [0.15, 0.2) is 0 Å². The van der Waals surface area contributed by atoms with Crippen molar-refractivity contribution < 1.29 is 4.39 Å². The van der Waals surface area contributed by atoms with E-state index in [2.05, 4.69) is 5.32 Å². The van der Waals surface area contributed by atoms with Gasteiger partial charge in [-0.2, -0.15) is 0 Å². The van der Waals surface area contributed by atoms with E-state index in [1.807, 2.05) is 0 Å². The average molecular weight is 194 g/mol. The van der Waals surface area contributed by atoms with Crippen LogP contribution in [0.3, 0.4) is 0 Å². The van der Waals surface area contributed by atoms with Crippen LogP contribution in [0.4, 0.5) is 4.39 Å². The van der Waals surface area contributed by atoms with Gasteiger partial charge in [0.25, 0.3) is 0 Å². The number of halogens is 2. The third-order valence-corrected chi connectivity index (χ3v) is 3.33. The Morgan fingerprint density at radius 2 is 1.83 bits per heavy atom. The van der Waals surface area contributed by atoms with Crippen molar-refractivity contribution >= 4 is 12.4 Å². The van der Waals surface area contributed by atoms with Crippen LogP contribution < -0.4 is 5.32 Å². The molecular formula is C9H17ClFN. The summed E-state index contributed by atoms with van der Waals surface area (Å²) in [5.74, 6) is 0.410. The second-order valence-corrected chi connectivity index (χ2v) is 4.18. The van der Waals surface area contributed by atoms with Gasteiger partial charge in [0.1, 0.15) is 0 Å². The Balaban J connectivity index is 0.000000720. The summed E-state index contributed by atoms with van der Waals surface area (Å²) in [6.45, 7) is 2.22. The molecule has 1 saturated carbocycles. The number of rotatable bonds is 1. The first-order valence-electron chi connectivity index (χ1n) is 4.61. The minimum Gasteiger partial charge on any atom is -0.317 e. The van der Waals surface area contributed by atoms with E-state index in [1.54, 1.807) is 0 Å². The van der Waals surface area contributed by atoms with E-state index in [9.17, 15) is 4.39 Å². The summed E-state index contributed by atoms with van der Waals surface area (Å²) >= 11 is 0. The Kier molecular flexibility index (Phi) is 3.36. The molecule has 0 aromatic rings. The molecule has 3 heteroatoms. The van der Waals surface area contributed by atoms with Crippen molar-refractivity contribution in [3.05, 3.63) is 0 Å². The fourth-order valence-electron chi connectivity index (χ4n) is 2.64. The van der Waals surface area contributed by atoms with Gasteiger partial charge in [-0.25, -0.2) is 0 Å². The van der Waals surface area contributed by atoms with Gasteiger partial charge < -0.3 is 5.32 Å². The summed E-state index contributed by atoms with van der Waals surface area (Å²) in [4.78, 5) is 0. The van der Waals surface area contributed by atoms with E-state index >= 15 is 0 Å². The fraction of sp³-hybridized carbons (Fsp3) is 1.00. The molecule has 2 aliphatic rings. The lowest BCUT2D eigenvalue weighted by atomic mass is 9.58. The van der Waals surface area contributed by atoms with Gasteiger partial charge in [-0.1, -0.05) is 0 Å². The Hall–Kier alpha value is 0.180. The van der Waals surface area contributed by atoms with Crippen molar-refractivity contribution in [2.75, 3.05) is 19.8 Å². The first-order valence-corrected chi connectivity index (χ1v) is 4.61. The lowest BCUT2D eigenvalue weighted by molar-refractivity contribution is 0.00945. The monoisotopic (exact) mass is 193 g/mol. The Morgan fingerprint density at radius 3 is 2.33 bits per heavy atom. The standard InChI is InChI=1S/C9H16FN.ClH/c10-7-8-5-9(6-8)1-3-11-4-2-9;/h8,11H,1-7H2;1H. The summed E-state index contributed by atoms with van der Waals surface area (Å²) in [6, 6.07) is 0. The molecule has 1 aliphatic heterocycles. The van der Waals surface area contributed by atoms with Gasteiger partial charge in [-0.05, 0) is 50.1 Å². The smallest absolute Gasteiger partial charge is 0.0923 e. The second-order valence-electron chi connectivity index (χ2n) is 4.18. The highest BCUT2D eigenvalue weighted by Gasteiger charge is 2.44. The van der Waals surface area contributed by atoms with Gasteiger partial charge in [-0.3, -0.25) is 4.39 Å². The maximum Gasteiger partial charge on any atom is 0.0923 e. The summed E-state index contributed by atoms with van der Waals surface area (Å²) in [5.41, 5.74) is 0.571. The van der Waals surface area contributed by atoms with Crippen molar-refractivity contribution in [3.8, 4) is 0 Å². The largest absolute Gasteiger partial charge is 0.317 e. The molecule has 0 unspecified atom stereocenters. The van der Waals surface area contributed by atoms with Crippen molar-refractivity contribution in [1.29, 1.82) is 0 Å².